The molecule has 0 bridgehead atoms. The molecule has 0 aromatic heterocycles. The Bertz CT molecular complexity index is 4410. The number of hydrogen-bond acceptors (Lipinski definition) is 2. The lowest BCUT2D eigenvalue weighted by Gasteiger charge is -2.39. The van der Waals surface area contributed by atoms with Crippen LogP contribution in [0.3, 0.4) is 0 Å². The molecule has 0 radical (unpaired) electrons. The lowest BCUT2D eigenvalue weighted by molar-refractivity contribution is 0.613. The van der Waals surface area contributed by atoms with E-state index in [1.165, 1.54) is 115 Å². The number of hydrogen-bond donors (Lipinski definition) is 0. The van der Waals surface area contributed by atoms with Crippen molar-refractivity contribution in [1.29, 1.82) is 0 Å². The molecule has 11 aromatic carbocycles. The summed E-state index contributed by atoms with van der Waals surface area (Å²) in [5, 5.41) is 14.9. The van der Waals surface area contributed by atoms with Crippen molar-refractivity contribution < 1.29 is 0 Å². The molecule has 0 heterocycles. The summed E-state index contributed by atoms with van der Waals surface area (Å²) in [5.41, 5.74) is 15.1. The van der Waals surface area contributed by atoms with Gasteiger partial charge < -0.3 is 9.80 Å². The number of nitrogens with zero attached hydrogens (tertiary/aromatic N) is 2. The Morgan fingerprint density at radius 1 is 0.382 bits per heavy atom. The molecule has 4 aliphatic carbocycles. The van der Waals surface area contributed by atoms with E-state index in [-0.39, 0.29) is 11.8 Å². The van der Waals surface area contributed by atoms with Crippen LogP contribution in [0.4, 0.5) is 22.7 Å². The van der Waals surface area contributed by atoms with Gasteiger partial charge in [-0.3, -0.25) is 0 Å². The second-order valence-corrected chi connectivity index (χ2v) is 20.8. The van der Waals surface area contributed by atoms with E-state index in [4.69, 9.17) is 0 Å². The zero-order chi connectivity index (χ0) is 50.1. The fraction of sp³-hybridized carbons (Fsp3) is 0.0811. The highest BCUT2D eigenvalue weighted by Gasteiger charge is 2.32. The maximum Gasteiger partial charge on any atom is 0.0540 e. The number of aryl methyl sites for hydroxylation is 1. The molecule has 0 saturated heterocycles. The van der Waals surface area contributed by atoms with Crippen molar-refractivity contribution in [2.24, 2.45) is 11.8 Å². The van der Waals surface area contributed by atoms with Crippen LogP contribution >= 0.6 is 0 Å². The molecule has 2 heteroatoms. The fourth-order valence-corrected chi connectivity index (χ4v) is 13.3. The SMILES string of the molecule is C1=CC2C=CC=C(N(C3=CCCc4ccccc43)c3ccc4c(-c5cccc6ccccc56)c5cc(N(c6cccc7ccccc67)c6cccc7ccccc67)ccc5c(C5=c6ccccc6=CCC5)c4c3)C2C=C1. The minimum absolute atomic E-state index is 0.197. The zero-order valence-corrected chi connectivity index (χ0v) is 42.3. The van der Waals surface area contributed by atoms with Crippen molar-refractivity contribution in [3.05, 3.63) is 294 Å². The molecule has 0 N–H and O–H groups in total. The number of rotatable bonds is 8. The van der Waals surface area contributed by atoms with Crippen LogP contribution in [0.25, 0.3) is 82.3 Å². The van der Waals surface area contributed by atoms with E-state index < -0.39 is 0 Å². The molecule has 0 fully saturated rings. The number of benzene rings is 11. The van der Waals surface area contributed by atoms with Gasteiger partial charge in [-0.25, -0.2) is 0 Å². The van der Waals surface area contributed by atoms with E-state index in [0.29, 0.717) is 0 Å². The molecule has 0 amide bonds. The summed E-state index contributed by atoms with van der Waals surface area (Å²) in [5.74, 6) is 0.481. The van der Waals surface area contributed by atoms with Crippen LogP contribution in [0.2, 0.25) is 0 Å². The minimum atomic E-state index is 0.197. The van der Waals surface area contributed by atoms with Gasteiger partial charge in [0.2, 0.25) is 0 Å². The first-order valence-corrected chi connectivity index (χ1v) is 27.1. The van der Waals surface area contributed by atoms with Crippen LogP contribution < -0.4 is 20.2 Å². The zero-order valence-electron chi connectivity index (χ0n) is 42.3. The van der Waals surface area contributed by atoms with Gasteiger partial charge in [0.25, 0.3) is 0 Å². The molecule has 15 rings (SSSR count). The standard InChI is InChI=1S/C74H54N2/c1-7-31-57-49(19-1)25-13-37-63(57)73-65-45-43-56(76(71-41-17-29-53-23-5-11-35-61(53)71)72-42-18-30-54-24-6-12-36-62(54)72)48-68(65)74(64-38-14-26-50-20-2-8-32-58(50)64)66-46-44-55(47-67(66)73)75(69-39-15-27-51-21-3-9-33-59(51)69)70-40-16-28-52-22-4-10-34-60(52)70/h1-13,15-17,19-29,31-37,39-48,53,61H,14,18,30,38H2. The minimum Gasteiger partial charge on any atom is -0.313 e. The summed E-state index contributed by atoms with van der Waals surface area (Å²) in [4.78, 5) is 5.14. The van der Waals surface area contributed by atoms with Gasteiger partial charge >= 0.3 is 0 Å². The summed E-state index contributed by atoms with van der Waals surface area (Å²) in [7, 11) is 0. The van der Waals surface area contributed by atoms with Crippen LogP contribution in [0.1, 0.15) is 36.0 Å². The van der Waals surface area contributed by atoms with Crippen molar-refractivity contribution >= 4 is 94.0 Å². The van der Waals surface area contributed by atoms with Crippen molar-refractivity contribution in [3.8, 4) is 11.1 Å². The summed E-state index contributed by atoms with van der Waals surface area (Å²) in [6, 6.07) is 79.9. The van der Waals surface area contributed by atoms with Gasteiger partial charge in [-0.1, -0.05) is 225 Å². The molecule has 11 aromatic rings. The van der Waals surface area contributed by atoms with Gasteiger partial charge in [0.15, 0.2) is 0 Å². The Morgan fingerprint density at radius 2 is 0.947 bits per heavy atom. The first-order valence-electron chi connectivity index (χ1n) is 27.1. The summed E-state index contributed by atoms with van der Waals surface area (Å²) in [6.07, 6.45) is 25.1. The van der Waals surface area contributed by atoms with Crippen molar-refractivity contribution in [2.75, 3.05) is 9.80 Å². The molecule has 76 heavy (non-hydrogen) atoms. The van der Waals surface area contributed by atoms with Gasteiger partial charge in [-0.2, -0.15) is 0 Å². The maximum atomic E-state index is 2.62. The molecule has 4 aliphatic rings. The molecule has 0 spiro atoms. The maximum absolute atomic E-state index is 2.62. The third-order valence-corrected chi connectivity index (χ3v) is 16.7. The third-order valence-electron chi connectivity index (χ3n) is 16.7. The van der Waals surface area contributed by atoms with E-state index >= 15 is 0 Å². The number of fused-ring (bicyclic) bond motifs is 8. The average molecular weight is 971 g/mol. The van der Waals surface area contributed by atoms with E-state index in [1.807, 2.05) is 0 Å². The van der Waals surface area contributed by atoms with Crippen LogP contribution in [0, 0.1) is 11.8 Å². The highest BCUT2D eigenvalue weighted by atomic mass is 15.2. The van der Waals surface area contributed by atoms with Gasteiger partial charge in [0.05, 0.1) is 11.4 Å². The second-order valence-electron chi connectivity index (χ2n) is 20.8. The summed E-state index contributed by atoms with van der Waals surface area (Å²) < 4.78 is 0. The largest absolute Gasteiger partial charge is 0.313 e. The third kappa shape index (κ3) is 7.23. The lowest BCUT2D eigenvalue weighted by Crippen LogP contribution is -2.31. The predicted octanol–water partition coefficient (Wildman–Crippen LogP) is 18.0. The van der Waals surface area contributed by atoms with E-state index in [1.54, 1.807) is 0 Å². The molecule has 2 unspecified atom stereocenters. The van der Waals surface area contributed by atoms with Crippen LogP contribution in [-0.4, -0.2) is 0 Å². The van der Waals surface area contributed by atoms with Gasteiger partial charge in [0.1, 0.15) is 0 Å². The van der Waals surface area contributed by atoms with Gasteiger partial charge in [0, 0.05) is 50.9 Å². The Labute approximate surface area is 443 Å². The highest BCUT2D eigenvalue weighted by Crippen LogP contribution is 2.51. The summed E-state index contributed by atoms with van der Waals surface area (Å²) in [6.45, 7) is 0. The number of anilines is 4. The predicted molar refractivity (Wildman–Crippen MR) is 324 cm³/mol. The monoisotopic (exact) mass is 970 g/mol. The fourth-order valence-electron chi connectivity index (χ4n) is 13.3. The normalized spacial score (nSPS) is 16.6. The van der Waals surface area contributed by atoms with Crippen LogP contribution in [0.15, 0.2) is 267 Å². The van der Waals surface area contributed by atoms with Crippen molar-refractivity contribution in [1.82, 2.24) is 0 Å². The first kappa shape index (κ1) is 44.3. The Hall–Kier alpha value is -9.24. The van der Waals surface area contributed by atoms with E-state index in [9.17, 15) is 0 Å². The molecular weight excluding hydrogens is 917 g/mol. The Kier molecular flexibility index (Phi) is 10.7. The number of allylic oxidation sites excluding steroid dienone is 8. The Balaban J connectivity index is 1.08. The molecule has 2 atom stereocenters. The second kappa shape index (κ2) is 18.3. The van der Waals surface area contributed by atoms with Crippen LogP contribution in [0.5, 0.6) is 0 Å². The molecule has 0 aliphatic heterocycles. The van der Waals surface area contributed by atoms with E-state index in [0.717, 1.165) is 42.7 Å². The first-order chi connectivity index (χ1) is 37.7. The Morgan fingerprint density at radius 3 is 1.72 bits per heavy atom. The molecule has 0 saturated carbocycles. The quantitative estimate of drug-likeness (QED) is 0.140. The lowest BCUT2D eigenvalue weighted by atomic mass is 9.80. The molecule has 2 nitrogen and oxygen atoms in total. The van der Waals surface area contributed by atoms with Gasteiger partial charge in [-0.15, -0.1) is 0 Å². The molecular formula is C74H54N2. The van der Waals surface area contributed by atoms with Crippen molar-refractivity contribution in [3.63, 3.8) is 0 Å². The average Bonchev–Trinajstić information content (AvgIpc) is 3.49. The van der Waals surface area contributed by atoms with E-state index in [2.05, 4.69) is 277 Å². The smallest absolute Gasteiger partial charge is 0.0540 e. The van der Waals surface area contributed by atoms with Crippen LogP contribution in [-0.2, 0) is 6.42 Å². The summed E-state index contributed by atoms with van der Waals surface area (Å²) >= 11 is 0. The molecule has 360 valence electrons. The van der Waals surface area contributed by atoms with Gasteiger partial charge in [-0.05, 0) is 150 Å². The van der Waals surface area contributed by atoms with Crippen molar-refractivity contribution in [2.45, 2.75) is 25.7 Å². The topological polar surface area (TPSA) is 6.48 Å². The highest BCUT2D eigenvalue weighted by molar-refractivity contribution is 6.23.